The lowest BCUT2D eigenvalue weighted by Crippen LogP contribution is -2.45. The molecule has 0 N–H and O–H groups in total. The molecular weight excluding hydrogens is 448 g/mol. The molecule has 5 rings (SSSR count). The van der Waals surface area contributed by atoms with Crippen LogP contribution in [0.1, 0.15) is 85.3 Å². The second-order valence-electron chi connectivity index (χ2n) is 11.0. The zero-order valence-electron chi connectivity index (χ0n) is 21.9. The van der Waals surface area contributed by atoms with E-state index in [1.807, 2.05) is 54.5 Å². The van der Waals surface area contributed by atoms with Crippen molar-refractivity contribution in [1.29, 1.82) is 0 Å². The number of hydrogen-bond donors (Lipinski definition) is 0. The van der Waals surface area contributed by atoms with Gasteiger partial charge in [0.2, 0.25) is 5.91 Å². The molecule has 1 unspecified atom stereocenters. The van der Waals surface area contributed by atoms with Crippen LogP contribution in [0.3, 0.4) is 0 Å². The molecule has 192 valence electrons. The summed E-state index contributed by atoms with van der Waals surface area (Å²) in [5.74, 6) is 1.06. The first-order valence-electron chi connectivity index (χ1n) is 13.8. The van der Waals surface area contributed by atoms with E-state index >= 15 is 0 Å². The van der Waals surface area contributed by atoms with E-state index in [0.717, 1.165) is 56.7 Å². The average Bonchev–Trinajstić information content (AvgIpc) is 3.61. The van der Waals surface area contributed by atoms with Gasteiger partial charge in [0.05, 0.1) is 6.04 Å². The minimum absolute atomic E-state index is 0.0812. The van der Waals surface area contributed by atoms with Crippen molar-refractivity contribution in [3.05, 3.63) is 59.4 Å². The molecule has 0 bridgehead atoms. The van der Waals surface area contributed by atoms with Crippen molar-refractivity contribution in [2.45, 2.75) is 76.3 Å². The maximum atomic E-state index is 13.5. The predicted molar refractivity (Wildman–Crippen MR) is 143 cm³/mol. The topological polar surface area (TPSA) is 56.8 Å². The third-order valence-electron chi connectivity index (χ3n) is 8.90. The molecule has 6 nitrogen and oxygen atoms in total. The molecule has 1 aromatic heterocycles. The van der Waals surface area contributed by atoms with E-state index in [4.69, 9.17) is 0 Å². The van der Waals surface area contributed by atoms with Crippen LogP contribution in [0.5, 0.6) is 0 Å². The number of hydrogen-bond acceptors (Lipinski definition) is 4. The third kappa shape index (κ3) is 5.28. The van der Waals surface area contributed by atoms with Crippen LogP contribution in [0.15, 0.2) is 42.7 Å². The summed E-state index contributed by atoms with van der Waals surface area (Å²) in [4.78, 5) is 36.9. The molecule has 1 aliphatic heterocycles. The first-order valence-corrected chi connectivity index (χ1v) is 13.8. The first kappa shape index (κ1) is 24.8. The molecule has 2 heterocycles. The number of piperidine rings is 1. The van der Waals surface area contributed by atoms with Gasteiger partial charge < -0.3 is 14.7 Å². The van der Waals surface area contributed by atoms with Crippen LogP contribution in [0.4, 0.5) is 5.69 Å². The number of fused-ring (bicyclic) bond motifs is 1. The number of rotatable bonds is 7. The van der Waals surface area contributed by atoms with Crippen LogP contribution in [0, 0.1) is 5.92 Å². The minimum Gasteiger partial charge on any atom is -0.371 e. The van der Waals surface area contributed by atoms with Gasteiger partial charge in [-0.3, -0.25) is 14.6 Å². The zero-order chi connectivity index (χ0) is 25.1. The highest BCUT2D eigenvalue weighted by Crippen LogP contribution is 2.37. The Balaban J connectivity index is 1.20. The zero-order valence-corrected chi connectivity index (χ0v) is 21.9. The first-order chi connectivity index (χ1) is 17.5. The van der Waals surface area contributed by atoms with Gasteiger partial charge >= 0.3 is 0 Å². The average molecular weight is 489 g/mol. The molecule has 1 saturated heterocycles. The minimum atomic E-state index is 0.0812. The highest BCUT2D eigenvalue weighted by molar-refractivity contribution is 5.94. The number of amides is 2. The van der Waals surface area contributed by atoms with Crippen LogP contribution in [-0.4, -0.2) is 59.8 Å². The Bertz CT molecular complexity index is 1060. The van der Waals surface area contributed by atoms with Crippen molar-refractivity contribution in [1.82, 2.24) is 14.8 Å². The van der Waals surface area contributed by atoms with Gasteiger partial charge in [0.1, 0.15) is 0 Å². The fourth-order valence-electron chi connectivity index (χ4n) is 6.53. The number of aromatic nitrogens is 1. The summed E-state index contributed by atoms with van der Waals surface area (Å²) in [6.45, 7) is 1.87. The Morgan fingerprint density at radius 3 is 2.39 bits per heavy atom. The normalized spacial score (nSPS) is 20.4. The van der Waals surface area contributed by atoms with Crippen LogP contribution in [0.2, 0.25) is 0 Å². The van der Waals surface area contributed by atoms with E-state index in [0.29, 0.717) is 6.42 Å². The summed E-state index contributed by atoms with van der Waals surface area (Å²) >= 11 is 0. The van der Waals surface area contributed by atoms with E-state index in [1.54, 1.807) is 0 Å². The molecule has 36 heavy (non-hydrogen) atoms. The number of pyridine rings is 1. The van der Waals surface area contributed by atoms with Gasteiger partial charge in [0.25, 0.3) is 5.91 Å². The van der Waals surface area contributed by atoms with Crippen LogP contribution < -0.4 is 4.90 Å². The molecule has 2 aliphatic carbocycles. The fraction of sp³-hybridized carbons (Fsp3) is 0.567. The number of benzene rings is 1. The maximum absolute atomic E-state index is 13.5. The predicted octanol–water partition coefficient (Wildman–Crippen LogP) is 5.24. The molecule has 1 aromatic carbocycles. The molecule has 6 heteroatoms. The largest absolute Gasteiger partial charge is 0.371 e. The Morgan fingerprint density at radius 2 is 1.67 bits per heavy atom. The second-order valence-corrected chi connectivity index (χ2v) is 11.0. The monoisotopic (exact) mass is 488 g/mol. The molecular formula is C30H40N4O2. The molecule has 2 fully saturated rings. The van der Waals surface area contributed by atoms with Crippen molar-refractivity contribution >= 4 is 17.5 Å². The van der Waals surface area contributed by atoms with Gasteiger partial charge in [-0.2, -0.15) is 0 Å². The smallest absolute Gasteiger partial charge is 0.253 e. The number of anilines is 1. The van der Waals surface area contributed by atoms with Gasteiger partial charge in [-0.15, -0.1) is 0 Å². The molecule has 1 atom stereocenters. The Morgan fingerprint density at radius 1 is 0.944 bits per heavy atom. The molecule has 2 aromatic rings. The van der Waals surface area contributed by atoms with Gasteiger partial charge in [0.15, 0.2) is 0 Å². The van der Waals surface area contributed by atoms with Crippen molar-refractivity contribution in [3.8, 4) is 0 Å². The molecule has 3 aliphatic rings. The summed E-state index contributed by atoms with van der Waals surface area (Å²) in [5.41, 5.74) is 4.38. The molecule has 0 radical (unpaired) electrons. The third-order valence-corrected chi connectivity index (χ3v) is 8.90. The lowest BCUT2D eigenvalue weighted by molar-refractivity contribution is -0.132. The quantitative estimate of drug-likeness (QED) is 0.535. The van der Waals surface area contributed by atoms with E-state index in [-0.39, 0.29) is 23.9 Å². The Hall–Kier alpha value is -2.89. The summed E-state index contributed by atoms with van der Waals surface area (Å²) in [7, 11) is 3.90. The Kier molecular flexibility index (Phi) is 7.59. The molecule has 0 spiro atoms. The van der Waals surface area contributed by atoms with E-state index in [1.165, 1.54) is 42.5 Å². The van der Waals surface area contributed by atoms with Gasteiger partial charge in [0, 0.05) is 63.3 Å². The van der Waals surface area contributed by atoms with Crippen molar-refractivity contribution in [2.24, 2.45) is 5.92 Å². The van der Waals surface area contributed by atoms with Crippen LogP contribution in [0.25, 0.3) is 0 Å². The summed E-state index contributed by atoms with van der Waals surface area (Å²) in [6.07, 6.45) is 14.4. The molecule has 1 saturated carbocycles. The van der Waals surface area contributed by atoms with E-state index in [9.17, 15) is 9.59 Å². The number of aryl methyl sites for hydroxylation is 1. The van der Waals surface area contributed by atoms with E-state index < -0.39 is 0 Å². The summed E-state index contributed by atoms with van der Waals surface area (Å²) in [6, 6.07) is 10.6. The summed E-state index contributed by atoms with van der Waals surface area (Å²) < 4.78 is 0. The molecule has 2 amide bonds. The summed E-state index contributed by atoms with van der Waals surface area (Å²) in [5, 5.41) is 0. The standard InChI is InChI=1S/C30H40N4O2/c1-32(25-15-19-34(20-16-25)26-13-17-31-18-14-26)30(36)24-9-8-23-10-11-28(27(23)21-24)33(2)29(35)12-7-22-5-3-4-6-22/h8-9,13-14,17-18,21-22,25,28H,3-7,10-12,15-16,19-20H2,1-2H3. The highest BCUT2D eigenvalue weighted by Gasteiger charge is 2.31. The van der Waals surface area contributed by atoms with Crippen molar-refractivity contribution in [2.75, 3.05) is 32.1 Å². The number of carbonyl (C=O) groups is 2. The lowest BCUT2D eigenvalue weighted by Gasteiger charge is -2.38. The van der Waals surface area contributed by atoms with Gasteiger partial charge in [-0.1, -0.05) is 31.7 Å². The van der Waals surface area contributed by atoms with Crippen LogP contribution >= 0.6 is 0 Å². The van der Waals surface area contributed by atoms with Crippen molar-refractivity contribution < 1.29 is 9.59 Å². The SMILES string of the molecule is CN(C(=O)c1ccc2c(c1)C(N(C)C(=O)CCC1CCCC1)CC2)C1CCN(c2ccncc2)CC1. The second kappa shape index (κ2) is 11.0. The maximum Gasteiger partial charge on any atom is 0.253 e. The van der Waals surface area contributed by atoms with Gasteiger partial charge in [-0.05, 0) is 73.4 Å². The van der Waals surface area contributed by atoms with Crippen molar-refractivity contribution in [3.63, 3.8) is 0 Å². The van der Waals surface area contributed by atoms with Crippen LogP contribution in [-0.2, 0) is 11.2 Å². The fourth-order valence-corrected chi connectivity index (χ4v) is 6.53. The number of carbonyl (C=O) groups excluding carboxylic acids is 2. The van der Waals surface area contributed by atoms with E-state index in [2.05, 4.69) is 22.0 Å². The lowest BCUT2D eigenvalue weighted by atomic mass is 9.99. The number of nitrogens with zero attached hydrogens (tertiary/aromatic N) is 4. The van der Waals surface area contributed by atoms with Gasteiger partial charge in [-0.25, -0.2) is 0 Å². The Labute approximate surface area is 215 Å². The highest BCUT2D eigenvalue weighted by atomic mass is 16.2.